The van der Waals surface area contributed by atoms with Gasteiger partial charge in [-0.15, -0.1) is 0 Å². The Morgan fingerprint density at radius 1 is 0.944 bits per heavy atom. The number of rotatable bonds is 13. The molecule has 1 aliphatic heterocycles. The summed E-state index contributed by atoms with van der Waals surface area (Å²) in [6, 6.07) is 21.1. The van der Waals surface area contributed by atoms with Gasteiger partial charge in [0.05, 0.1) is 23.1 Å². The first-order valence-electron chi connectivity index (χ1n) is 18.2. The van der Waals surface area contributed by atoms with Crippen molar-refractivity contribution in [2.24, 2.45) is 7.05 Å². The van der Waals surface area contributed by atoms with Crippen molar-refractivity contribution in [1.29, 1.82) is 0 Å². The molecular formula is C41H44ClN5O6S. The summed E-state index contributed by atoms with van der Waals surface area (Å²) in [6.45, 7) is 5.26. The minimum absolute atomic E-state index is 0.0666. The summed E-state index contributed by atoms with van der Waals surface area (Å²) in [5, 5.41) is 12.0. The average molecular weight is 770 g/mol. The van der Waals surface area contributed by atoms with Crippen LogP contribution in [0.2, 0.25) is 5.02 Å². The molecule has 0 unspecified atom stereocenters. The molecule has 1 aliphatic rings. The van der Waals surface area contributed by atoms with Crippen LogP contribution in [0.25, 0.3) is 22.2 Å². The lowest BCUT2D eigenvalue weighted by Crippen LogP contribution is -2.46. The Morgan fingerprint density at radius 3 is 2.37 bits per heavy atom. The van der Waals surface area contributed by atoms with Crippen LogP contribution in [0.5, 0.6) is 0 Å². The molecule has 1 aromatic heterocycles. The molecule has 11 nitrogen and oxygen atoms in total. The van der Waals surface area contributed by atoms with Crippen molar-refractivity contribution >= 4 is 50.1 Å². The highest BCUT2D eigenvalue weighted by Gasteiger charge is 2.33. The highest BCUT2D eigenvalue weighted by Crippen LogP contribution is 2.31. The topological polar surface area (TPSA) is 142 Å². The van der Waals surface area contributed by atoms with E-state index < -0.39 is 27.9 Å². The molecule has 4 aromatic carbocycles. The molecular weight excluding hydrogens is 726 g/mol. The molecule has 2 N–H and O–H groups in total. The van der Waals surface area contributed by atoms with Gasteiger partial charge in [-0.25, -0.2) is 18.1 Å². The van der Waals surface area contributed by atoms with Gasteiger partial charge >= 0.3 is 0 Å². The van der Waals surface area contributed by atoms with Gasteiger partial charge < -0.3 is 19.5 Å². The monoisotopic (exact) mass is 769 g/mol. The Morgan fingerprint density at radius 2 is 1.67 bits per heavy atom. The molecule has 0 saturated heterocycles. The summed E-state index contributed by atoms with van der Waals surface area (Å²) in [5.41, 5.74) is 2.50. The van der Waals surface area contributed by atoms with Crippen LogP contribution in [0.4, 0.5) is 0 Å². The summed E-state index contributed by atoms with van der Waals surface area (Å²) >= 11 is 6.33. The third-order valence-corrected chi connectivity index (χ3v) is 11.5. The SMILES string of the molecule is CCCCN(CCCC)C(=O)c1cn(C)c(-c2ccc(C(=O)NS(=O)(=O)c3ccc4cccc(Cl)c4c3)cc2C(=O)N2Cc3ccccc3C[C@H]2CO)n1. The maximum atomic E-state index is 14.6. The molecule has 0 aliphatic carbocycles. The van der Waals surface area contributed by atoms with E-state index in [1.807, 2.05) is 24.3 Å². The third-order valence-electron chi connectivity index (χ3n) is 9.86. The van der Waals surface area contributed by atoms with E-state index in [0.717, 1.165) is 42.2 Å². The third kappa shape index (κ3) is 8.06. The standard InChI is InChI=1S/C41H44ClN5O6S/c1-4-6-19-46(20-7-5-2)41(51)37-25-45(3)38(43-37)33-18-16-29(22-35(33)40(50)47-24-30-12-9-8-11-28(30)21-31(47)26-48)39(49)44-54(52,53)32-17-15-27-13-10-14-36(42)34(27)23-32/h8-18,22-23,25,31,48H,4-7,19-21,24,26H2,1-3H3,(H,44,49)/t31-/m0/s1. The van der Waals surface area contributed by atoms with Crippen LogP contribution in [0.15, 0.2) is 90.0 Å². The summed E-state index contributed by atoms with van der Waals surface area (Å²) in [4.78, 5) is 50.0. The van der Waals surface area contributed by atoms with Crippen LogP contribution in [-0.2, 0) is 30.0 Å². The summed E-state index contributed by atoms with van der Waals surface area (Å²) in [7, 11) is -2.63. The number of aliphatic hydroxyl groups excluding tert-OH is 1. The number of unbranched alkanes of at least 4 members (excludes halogenated alkanes) is 2. The molecule has 1 atom stereocenters. The van der Waals surface area contributed by atoms with Gasteiger partial charge in [0, 0.05) is 54.4 Å². The highest BCUT2D eigenvalue weighted by molar-refractivity contribution is 7.90. The number of amides is 3. The molecule has 13 heteroatoms. The van der Waals surface area contributed by atoms with E-state index in [-0.39, 0.29) is 40.8 Å². The molecule has 282 valence electrons. The van der Waals surface area contributed by atoms with Crippen molar-refractivity contribution in [3.63, 3.8) is 0 Å². The number of nitrogens with one attached hydrogen (secondary N) is 1. The van der Waals surface area contributed by atoms with Crippen molar-refractivity contribution in [3.05, 3.63) is 118 Å². The number of hydrogen-bond donors (Lipinski definition) is 2. The van der Waals surface area contributed by atoms with Crippen molar-refractivity contribution in [3.8, 4) is 11.4 Å². The van der Waals surface area contributed by atoms with Crippen LogP contribution in [0, 0.1) is 0 Å². The van der Waals surface area contributed by atoms with E-state index in [1.165, 1.54) is 24.3 Å². The molecule has 3 amide bonds. The second kappa shape index (κ2) is 16.5. The zero-order valence-electron chi connectivity index (χ0n) is 30.6. The molecule has 54 heavy (non-hydrogen) atoms. The Hall–Kier alpha value is -5.04. The first-order chi connectivity index (χ1) is 25.9. The van der Waals surface area contributed by atoms with Gasteiger partial charge in [-0.3, -0.25) is 14.4 Å². The number of imidazole rings is 1. The molecule has 2 heterocycles. The highest BCUT2D eigenvalue weighted by atomic mass is 35.5. The smallest absolute Gasteiger partial charge is 0.274 e. The van der Waals surface area contributed by atoms with E-state index in [4.69, 9.17) is 16.6 Å². The number of hydrogen-bond acceptors (Lipinski definition) is 7. The van der Waals surface area contributed by atoms with Gasteiger partial charge in [0.1, 0.15) is 11.5 Å². The normalized spacial score (nSPS) is 14.2. The second-order valence-corrected chi connectivity index (χ2v) is 15.7. The van der Waals surface area contributed by atoms with Crippen molar-refractivity contribution in [1.82, 2.24) is 24.1 Å². The fraction of sp³-hybridized carbons (Fsp3) is 0.317. The van der Waals surface area contributed by atoms with Crippen molar-refractivity contribution in [2.45, 2.75) is 63.4 Å². The zero-order valence-corrected chi connectivity index (χ0v) is 32.2. The first-order valence-corrected chi connectivity index (χ1v) is 20.0. The molecule has 5 aromatic rings. The molecule has 6 rings (SSSR count). The number of carbonyl (C=O) groups is 3. The largest absolute Gasteiger partial charge is 0.394 e. The van der Waals surface area contributed by atoms with E-state index in [0.29, 0.717) is 41.3 Å². The fourth-order valence-corrected chi connectivity index (χ4v) is 8.05. The number of carbonyl (C=O) groups excluding carboxylic acids is 3. The Labute approximate surface area is 320 Å². The van der Waals surface area contributed by atoms with E-state index >= 15 is 0 Å². The first kappa shape index (κ1) is 38.7. The number of benzene rings is 4. The second-order valence-electron chi connectivity index (χ2n) is 13.6. The quantitative estimate of drug-likeness (QED) is 0.137. The lowest BCUT2D eigenvalue weighted by Gasteiger charge is -2.36. The number of fused-ring (bicyclic) bond motifs is 2. The number of nitrogens with zero attached hydrogens (tertiary/aromatic N) is 4. The minimum Gasteiger partial charge on any atom is -0.394 e. The lowest BCUT2D eigenvalue weighted by molar-refractivity contribution is 0.0544. The predicted molar refractivity (Wildman–Crippen MR) is 209 cm³/mol. The van der Waals surface area contributed by atoms with Gasteiger partial charge in [-0.2, -0.15) is 0 Å². The Kier molecular flexibility index (Phi) is 11.8. The molecule has 0 saturated carbocycles. The average Bonchev–Trinajstić information content (AvgIpc) is 3.57. The van der Waals surface area contributed by atoms with Crippen molar-refractivity contribution in [2.75, 3.05) is 19.7 Å². The van der Waals surface area contributed by atoms with Gasteiger partial charge in [0.15, 0.2) is 0 Å². The molecule has 0 radical (unpaired) electrons. The predicted octanol–water partition coefficient (Wildman–Crippen LogP) is 6.61. The van der Waals surface area contributed by atoms with Gasteiger partial charge in [-0.05, 0) is 72.2 Å². The fourth-order valence-electron chi connectivity index (χ4n) is 6.82. The van der Waals surface area contributed by atoms with Crippen LogP contribution < -0.4 is 4.72 Å². The van der Waals surface area contributed by atoms with Crippen LogP contribution in [0.3, 0.4) is 0 Å². The minimum atomic E-state index is -4.36. The summed E-state index contributed by atoms with van der Waals surface area (Å²) in [5.74, 6) is -1.33. The Balaban J connectivity index is 1.39. The van der Waals surface area contributed by atoms with Crippen LogP contribution in [0.1, 0.15) is 81.9 Å². The summed E-state index contributed by atoms with van der Waals surface area (Å²) < 4.78 is 30.8. The van der Waals surface area contributed by atoms with E-state index in [9.17, 15) is 27.9 Å². The maximum absolute atomic E-state index is 14.6. The van der Waals surface area contributed by atoms with E-state index in [2.05, 4.69) is 18.6 Å². The number of aryl methyl sites for hydroxylation is 1. The van der Waals surface area contributed by atoms with Gasteiger partial charge in [0.25, 0.3) is 27.7 Å². The Bertz CT molecular complexity index is 2320. The van der Waals surface area contributed by atoms with Crippen LogP contribution in [-0.4, -0.2) is 76.3 Å². The maximum Gasteiger partial charge on any atom is 0.274 e. The molecule has 0 bridgehead atoms. The lowest BCUT2D eigenvalue weighted by atomic mass is 9.92. The van der Waals surface area contributed by atoms with Gasteiger partial charge in [-0.1, -0.05) is 80.8 Å². The van der Waals surface area contributed by atoms with E-state index in [1.54, 1.807) is 57.9 Å². The number of aromatic nitrogens is 2. The molecule has 0 spiro atoms. The molecule has 0 fully saturated rings. The number of sulfonamides is 1. The zero-order chi connectivity index (χ0) is 38.6. The van der Waals surface area contributed by atoms with Gasteiger partial charge in [0.2, 0.25) is 0 Å². The number of halogens is 1. The number of aliphatic hydroxyl groups is 1. The van der Waals surface area contributed by atoms with Crippen LogP contribution >= 0.6 is 11.6 Å². The van der Waals surface area contributed by atoms with Crippen molar-refractivity contribution < 1.29 is 27.9 Å². The summed E-state index contributed by atoms with van der Waals surface area (Å²) in [6.07, 6.45) is 5.63.